The van der Waals surface area contributed by atoms with E-state index in [9.17, 15) is 9.59 Å². The molecule has 1 unspecified atom stereocenters. The molecule has 6 nitrogen and oxygen atoms in total. The zero-order chi connectivity index (χ0) is 13.1. The van der Waals surface area contributed by atoms with Crippen LogP contribution in [0.15, 0.2) is 33.5 Å². The first-order valence-corrected chi connectivity index (χ1v) is 5.60. The summed E-state index contributed by atoms with van der Waals surface area (Å²) in [5.74, 6) is -0.909. The maximum atomic E-state index is 11.7. The molecule has 2 aromatic rings. The number of fused-ring (bicyclic) bond motifs is 1. The number of amides is 1. The third kappa shape index (κ3) is 2.43. The summed E-state index contributed by atoms with van der Waals surface area (Å²) in [6, 6.07) is 6.56. The van der Waals surface area contributed by atoms with E-state index in [0.29, 0.717) is 11.1 Å². The number of carbonyl (C=O) groups excluding carboxylic acids is 1. The molecule has 0 saturated carbocycles. The lowest BCUT2D eigenvalue weighted by Gasteiger charge is -2.10. The summed E-state index contributed by atoms with van der Waals surface area (Å²) < 4.78 is 6.27. The molecule has 0 saturated heterocycles. The SMILES string of the molecule is CC(CO)NC(=O)Cn1c(=O)oc2ccccc21. The molecule has 0 aliphatic heterocycles. The van der Waals surface area contributed by atoms with Crippen molar-refractivity contribution in [3.8, 4) is 0 Å². The number of aliphatic hydroxyl groups excluding tert-OH is 1. The molecule has 0 aliphatic carbocycles. The van der Waals surface area contributed by atoms with Crippen molar-refractivity contribution < 1.29 is 14.3 Å². The van der Waals surface area contributed by atoms with Crippen LogP contribution in [0.3, 0.4) is 0 Å². The van der Waals surface area contributed by atoms with E-state index in [1.165, 1.54) is 4.57 Å². The largest absolute Gasteiger partial charge is 0.420 e. The molecule has 1 heterocycles. The summed E-state index contributed by atoms with van der Waals surface area (Å²) in [7, 11) is 0. The lowest BCUT2D eigenvalue weighted by molar-refractivity contribution is -0.122. The maximum Gasteiger partial charge on any atom is 0.420 e. The molecule has 18 heavy (non-hydrogen) atoms. The Labute approximate surface area is 103 Å². The summed E-state index contributed by atoms with van der Waals surface area (Å²) in [6.07, 6.45) is 0. The number of carbonyl (C=O) groups is 1. The summed E-state index contributed by atoms with van der Waals surface area (Å²) in [5.41, 5.74) is 1.03. The molecule has 0 spiro atoms. The van der Waals surface area contributed by atoms with Crippen LogP contribution in [-0.4, -0.2) is 28.2 Å². The minimum atomic E-state index is -0.567. The van der Waals surface area contributed by atoms with Crippen LogP contribution in [0.5, 0.6) is 0 Å². The van der Waals surface area contributed by atoms with Gasteiger partial charge in [0, 0.05) is 6.04 Å². The standard InChI is InChI=1S/C12H14N2O4/c1-8(7-15)13-11(16)6-14-9-4-2-3-5-10(9)18-12(14)17/h2-5,8,15H,6-7H2,1H3,(H,13,16). The molecule has 0 bridgehead atoms. The van der Waals surface area contributed by atoms with Crippen LogP contribution in [0.1, 0.15) is 6.92 Å². The van der Waals surface area contributed by atoms with Crippen LogP contribution < -0.4 is 11.1 Å². The first-order valence-electron chi connectivity index (χ1n) is 5.60. The van der Waals surface area contributed by atoms with Gasteiger partial charge in [0.2, 0.25) is 5.91 Å². The van der Waals surface area contributed by atoms with E-state index in [1.54, 1.807) is 31.2 Å². The predicted octanol–water partition coefficient (Wildman–Crippen LogP) is 0.0915. The van der Waals surface area contributed by atoms with Gasteiger partial charge in [-0.15, -0.1) is 0 Å². The Morgan fingerprint density at radius 3 is 2.94 bits per heavy atom. The zero-order valence-electron chi connectivity index (χ0n) is 9.92. The van der Waals surface area contributed by atoms with Crippen molar-refractivity contribution >= 4 is 17.0 Å². The predicted molar refractivity (Wildman–Crippen MR) is 65.2 cm³/mol. The molecular weight excluding hydrogens is 236 g/mol. The van der Waals surface area contributed by atoms with Crippen molar-refractivity contribution in [1.29, 1.82) is 0 Å². The normalized spacial score (nSPS) is 12.6. The highest BCUT2D eigenvalue weighted by Gasteiger charge is 2.13. The lowest BCUT2D eigenvalue weighted by Crippen LogP contribution is -2.38. The van der Waals surface area contributed by atoms with Gasteiger partial charge in [-0.3, -0.25) is 9.36 Å². The van der Waals surface area contributed by atoms with Crippen molar-refractivity contribution in [1.82, 2.24) is 9.88 Å². The number of para-hydroxylation sites is 2. The Morgan fingerprint density at radius 2 is 2.22 bits per heavy atom. The molecule has 96 valence electrons. The van der Waals surface area contributed by atoms with Gasteiger partial charge in [0.15, 0.2) is 5.58 Å². The van der Waals surface area contributed by atoms with Gasteiger partial charge in [-0.2, -0.15) is 0 Å². The molecule has 0 radical (unpaired) electrons. The Kier molecular flexibility index (Phi) is 3.47. The van der Waals surface area contributed by atoms with Gasteiger partial charge in [-0.1, -0.05) is 12.1 Å². The van der Waals surface area contributed by atoms with E-state index >= 15 is 0 Å². The number of nitrogens with zero attached hydrogens (tertiary/aromatic N) is 1. The number of oxazole rings is 1. The molecule has 0 fully saturated rings. The molecule has 1 aromatic carbocycles. The maximum absolute atomic E-state index is 11.7. The summed E-state index contributed by atoms with van der Waals surface area (Å²) in [4.78, 5) is 23.2. The van der Waals surface area contributed by atoms with Crippen LogP contribution in [0.4, 0.5) is 0 Å². The van der Waals surface area contributed by atoms with Gasteiger partial charge in [0.25, 0.3) is 0 Å². The fourth-order valence-corrected chi connectivity index (χ4v) is 1.67. The van der Waals surface area contributed by atoms with Crippen molar-refractivity contribution in [2.45, 2.75) is 19.5 Å². The molecular formula is C12H14N2O4. The third-order valence-corrected chi connectivity index (χ3v) is 2.56. The van der Waals surface area contributed by atoms with Crippen molar-refractivity contribution in [3.63, 3.8) is 0 Å². The summed E-state index contributed by atoms with van der Waals surface area (Å²) in [6.45, 7) is 1.40. The number of rotatable bonds is 4. The van der Waals surface area contributed by atoms with Gasteiger partial charge in [0.05, 0.1) is 12.1 Å². The van der Waals surface area contributed by atoms with E-state index in [-0.39, 0.29) is 25.1 Å². The minimum Gasteiger partial charge on any atom is -0.408 e. The highest BCUT2D eigenvalue weighted by atomic mass is 16.4. The Bertz CT molecular complexity index is 614. The van der Waals surface area contributed by atoms with E-state index in [2.05, 4.69) is 5.32 Å². The van der Waals surface area contributed by atoms with Crippen LogP contribution in [-0.2, 0) is 11.3 Å². The van der Waals surface area contributed by atoms with Crippen LogP contribution in [0.25, 0.3) is 11.1 Å². The summed E-state index contributed by atoms with van der Waals surface area (Å²) in [5, 5.41) is 11.4. The number of aromatic nitrogens is 1. The lowest BCUT2D eigenvalue weighted by atomic mass is 10.3. The van der Waals surface area contributed by atoms with Crippen molar-refractivity contribution in [3.05, 3.63) is 34.8 Å². The van der Waals surface area contributed by atoms with Crippen LogP contribution in [0, 0.1) is 0 Å². The Hall–Kier alpha value is -2.08. The minimum absolute atomic E-state index is 0.125. The molecule has 1 amide bonds. The fourth-order valence-electron chi connectivity index (χ4n) is 1.67. The second-order valence-electron chi connectivity index (χ2n) is 4.07. The zero-order valence-corrected chi connectivity index (χ0v) is 9.92. The average Bonchev–Trinajstić information content (AvgIpc) is 2.66. The van der Waals surface area contributed by atoms with Crippen LogP contribution >= 0.6 is 0 Å². The monoisotopic (exact) mass is 250 g/mol. The van der Waals surface area contributed by atoms with Gasteiger partial charge >= 0.3 is 5.76 Å². The van der Waals surface area contributed by atoms with Gasteiger partial charge in [-0.25, -0.2) is 4.79 Å². The topological polar surface area (TPSA) is 84.5 Å². The summed E-state index contributed by atoms with van der Waals surface area (Å²) >= 11 is 0. The molecule has 6 heteroatoms. The van der Waals surface area contributed by atoms with Gasteiger partial charge in [-0.05, 0) is 19.1 Å². The highest BCUT2D eigenvalue weighted by molar-refractivity contribution is 5.79. The fraction of sp³-hybridized carbons (Fsp3) is 0.333. The number of benzene rings is 1. The quantitative estimate of drug-likeness (QED) is 0.805. The number of nitrogens with one attached hydrogen (secondary N) is 1. The molecule has 2 rings (SSSR count). The third-order valence-electron chi connectivity index (χ3n) is 2.56. The smallest absolute Gasteiger partial charge is 0.408 e. The first-order chi connectivity index (χ1) is 8.61. The van der Waals surface area contributed by atoms with E-state index in [4.69, 9.17) is 9.52 Å². The van der Waals surface area contributed by atoms with Gasteiger partial charge in [0.1, 0.15) is 6.54 Å². The number of aliphatic hydroxyl groups is 1. The molecule has 2 N–H and O–H groups in total. The number of hydrogen-bond donors (Lipinski definition) is 2. The van der Waals surface area contributed by atoms with Crippen molar-refractivity contribution in [2.75, 3.05) is 6.61 Å². The first kappa shape index (κ1) is 12.4. The Balaban J connectivity index is 2.24. The van der Waals surface area contributed by atoms with Gasteiger partial charge < -0.3 is 14.8 Å². The van der Waals surface area contributed by atoms with Crippen LogP contribution in [0.2, 0.25) is 0 Å². The Morgan fingerprint density at radius 1 is 1.50 bits per heavy atom. The molecule has 1 aromatic heterocycles. The second kappa shape index (κ2) is 5.05. The van der Waals surface area contributed by atoms with Crippen molar-refractivity contribution in [2.24, 2.45) is 0 Å². The van der Waals surface area contributed by atoms with E-state index < -0.39 is 5.76 Å². The van der Waals surface area contributed by atoms with E-state index in [1.807, 2.05) is 0 Å². The average molecular weight is 250 g/mol. The molecule has 0 aliphatic rings. The highest BCUT2D eigenvalue weighted by Crippen LogP contribution is 2.11. The van der Waals surface area contributed by atoms with E-state index in [0.717, 1.165) is 0 Å². The number of hydrogen-bond acceptors (Lipinski definition) is 4. The second-order valence-corrected chi connectivity index (χ2v) is 4.07. The molecule has 1 atom stereocenters.